The van der Waals surface area contributed by atoms with E-state index in [9.17, 15) is 34.4 Å². The van der Waals surface area contributed by atoms with Crippen molar-refractivity contribution in [2.24, 2.45) is 17.6 Å². The molecule has 1 fully saturated rings. The van der Waals surface area contributed by atoms with Crippen LogP contribution in [-0.2, 0) is 32.7 Å². The molecule has 0 saturated heterocycles. The lowest BCUT2D eigenvalue weighted by Crippen LogP contribution is -2.29. The molecule has 0 aromatic heterocycles. The number of nitrogens with two attached hydrogens (primary N) is 1. The highest BCUT2D eigenvalue weighted by Crippen LogP contribution is 2.43. The molecule has 1 unspecified atom stereocenters. The van der Waals surface area contributed by atoms with Crippen molar-refractivity contribution in [1.29, 1.82) is 0 Å². The first kappa shape index (κ1) is 55.6. The highest BCUT2D eigenvalue weighted by atomic mass is 31.2. The second-order valence-electron chi connectivity index (χ2n) is 15.9. The van der Waals surface area contributed by atoms with Gasteiger partial charge in [-0.1, -0.05) is 132 Å². The van der Waals surface area contributed by atoms with Gasteiger partial charge in [0.25, 0.3) is 0 Å². The Balaban J connectivity index is 2.38. The minimum absolute atomic E-state index is 0.0140. The average molecular weight is 868 g/mol. The maximum atomic E-state index is 12.6. The maximum absolute atomic E-state index is 12.6. The third-order valence-corrected chi connectivity index (χ3v) is 11.5. The summed E-state index contributed by atoms with van der Waals surface area (Å²) in [6, 6.07) is 0. The van der Waals surface area contributed by atoms with Crippen LogP contribution in [0.1, 0.15) is 162 Å². The van der Waals surface area contributed by atoms with Crippen molar-refractivity contribution >= 4 is 19.8 Å². The molecule has 0 aromatic rings. The van der Waals surface area contributed by atoms with E-state index >= 15 is 0 Å². The second-order valence-corrected chi connectivity index (χ2v) is 17.3. The van der Waals surface area contributed by atoms with Crippen LogP contribution in [0, 0.1) is 11.8 Å². The van der Waals surface area contributed by atoms with Crippen molar-refractivity contribution in [3.8, 4) is 0 Å². The molecule has 12 nitrogen and oxygen atoms in total. The number of rotatable bonds is 38. The molecule has 1 aliphatic carbocycles. The van der Waals surface area contributed by atoms with Crippen molar-refractivity contribution in [2.45, 2.75) is 186 Å². The highest BCUT2D eigenvalue weighted by Gasteiger charge is 2.39. The van der Waals surface area contributed by atoms with Crippen molar-refractivity contribution in [2.75, 3.05) is 26.4 Å². The summed E-state index contributed by atoms with van der Waals surface area (Å²) in [4.78, 5) is 35.1. The predicted molar refractivity (Wildman–Crippen MR) is 240 cm³/mol. The van der Waals surface area contributed by atoms with Crippen LogP contribution in [0.15, 0.2) is 60.8 Å². The van der Waals surface area contributed by atoms with E-state index in [0.29, 0.717) is 25.7 Å². The number of hydrogen-bond donors (Lipinski definition) is 5. The van der Waals surface area contributed by atoms with Crippen molar-refractivity contribution in [1.82, 2.24) is 0 Å². The van der Waals surface area contributed by atoms with E-state index in [1.165, 1.54) is 25.7 Å². The molecule has 0 spiro atoms. The highest BCUT2D eigenvalue weighted by molar-refractivity contribution is 7.47. The summed E-state index contributed by atoms with van der Waals surface area (Å²) in [6.45, 7) is 3.32. The molecule has 13 heteroatoms. The number of esters is 2. The van der Waals surface area contributed by atoms with Gasteiger partial charge in [0.1, 0.15) is 6.61 Å². The lowest BCUT2D eigenvalue weighted by molar-refractivity contribution is -0.161. The Kier molecular flexibility index (Phi) is 34.5. The minimum atomic E-state index is -4.45. The number of carbonyl (C=O) groups excluding carboxylic acids is 2. The zero-order valence-corrected chi connectivity index (χ0v) is 37.9. The lowest BCUT2D eigenvalue weighted by Gasteiger charge is -2.21. The molecule has 0 radical (unpaired) electrons. The summed E-state index contributed by atoms with van der Waals surface area (Å²) in [7, 11) is -4.45. The van der Waals surface area contributed by atoms with E-state index < -0.39 is 50.8 Å². The summed E-state index contributed by atoms with van der Waals surface area (Å²) >= 11 is 0. The van der Waals surface area contributed by atoms with Crippen LogP contribution >= 0.6 is 7.82 Å². The Bertz CT molecular complexity index is 1290. The summed E-state index contributed by atoms with van der Waals surface area (Å²) in [5.74, 6) is -1.29. The third-order valence-electron chi connectivity index (χ3n) is 10.5. The lowest BCUT2D eigenvalue weighted by atomic mass is 9.88. The second kappa shape index (κ2) is 37.2. The predicted octanol–water partition coefficient (Wildman–Crippen LogP) is 9.66. The fourth-order valence-corrected chi connectivity index (χ4v) is 7.77. The van der Waals surface area contributed by atoms with Gasteiger partial charge >= 0.3 is 19.8 Å². The normalized spacial score (nSPS) is 20.6. The van der Waals surface area contributed by atoms with Crippen molar-refractivity contribution < 1.29 is 52.9 Å². The van der Waals surface area contributed by atoms with Crippen LogP contribution in [0.4, 0.5) is 0 Å². The molecule has 1 saturated carbocycles. The standard InChI is InChI=1S/C47H82NO11P/c1-3-5-7-8-9-10-11-12-13-14-15-16-17-18-19-20-21-22-28-32-47(53)59-41(39-58-60(54,55)57-36-35-48)38-56-46(52)31-27-24-23-26-30-42-43(45(51)37-44(42)50)34-33-40(49)29-25-6-4-2/h9-10,12-13,15-16,18-19,33-34,40-45,49-51H,3-8,11,14,17,20-32,35-39,48H2,1-2H3,(H,54,55)/b10-9-,13-12-,16-15-,19-18-,34-33+/t40-,41+,42+,43+,44-,45+/m0/s1. The van der Waals surface area contributed by atoms with Gasteiger partial charge in [-0.2, -0.15) is 0 Å². The minimum Gasteiger partial charge on any atom is -0.462 e. The van der Waals surface area contributed by atoms with Crippen LogP contribution in [0.3, 0.4) is 0 Å². The van der Waals surface area contributed by atoms with Crippen molar-refractivity contribution in [3.63, 3.8) is 0 Å². The molecule has 60 heavy (non-hydrogen) atoms. The maximum Gasteiger partial charge on any atom is 0.472 e. The van der Waals surface area contributed by atoms with Crippen LogP contribution in [0.2, 0.25) is 0 Å². The smallest absolute Gasteiger partial charge is 0.462 e. The molecular formula is C47H82NO11P. The Morgan fingerprint density at radius 3 is 1.92 bits per heavy atom. The summed E-state index contributed by atoms with van der Waals surface area (Å²) in [6.07, 6.45) is 37.4. The number of phosphoric ester groups is 1. The number of unbranched alkanes of at least 4 members (excludes halogenated alkanes) is 11. The van der Waals surface area contributed by atoms with Crippen molar-refractivity contribution in [3.05, 3.63) is 60.8 Å². The summed E-state index contributed by atoms with van der Waals surface area (Å²) in [5, 5.41) is 31.4. The molecule has 0 bridgehead atoms. The Morgan fingerprint density at radius 1 is 0.717 bits per heavy atom. The van der Waals surface area contributed by atoms with Crippen LogP contribution in [-0.4, -0.2) is 82.9 Å². The Morgan fingerprint density at radius 2 is 1.28 bits per heavy atom. The van der Waals surface area contributed by atoms with Gasteiger partial charge in [0.05, 0.1) is 31.5 Å². The number of phosphoric acid groups is 1. The zero-order chi connectivity index (χ0) is 44.1. The van der Waals surface area contributed by atoms with Crippen LogP contribution in [0.5, 0.6) is 0 Å². The molecule has 1 rings (SSSR count). The van der Waals surface area contributed by atoms with E-state index in [1.54, 1.807) is 6.08 Å². The third kappa shape index (κ3) is 30.6. The number of allylic oxidation sites excluding steroid dienone is 8. The molecule has 0 aliphatic heterocycles. The SMILES string of the molecule is CCCCC/C=C\C/C=C\C/C=C\C/C=C\CCCCCC(=O)O[C@H](COC(=O)CCCCCC[C@@H]1[C@@H](/C=C/[C@@H](O)CCCCC)[C@H](O)C[C@@H]1O)COP(=O)(O)OCCN. The summed E-state index contributed by atoms with van der Waals surface area (Å²) < 4.78 is 32.8. The van der Waals surface area contributed by atoms with E-state index in [0.717, 1.165) is 83.5 Å². The fraction of sp³-hybridized carbons (Fsp3) is 0.745. The van der Waals surface area contributed by atoms with E-state index in [4.69, 9.17) is 24.3 Å². The van der Waals surface area contributed by atoms with Gasteiger partial charge < -0.3 is 35.4 Å². The number of carbonyl (C=O) groups is 2. The van der Waals surface area contributed by atoms with Gasteiger partial charge in [0, 0.05) is 31.7 Å². The molecule has 346 valence electrons. The first-order valence-corrected chi connectivity index (χ1v) is 24.5. The first-order chi connectivity index (χ1) is 29.0. The molecule has 0 heterocycles. The first-order valence-electron chi connectivity index (χ1n) is 23.0. The molecular weight excluding hydrogens is 785 g/mol. The zero-order valence-electron chi connectivity index (χ0n) is 37.0. The molecule has 6 N–H and O–H groups in total. The topological polar surface area (TPSA) is 195 Å². The van der Waals surface area contributed by atoms with E-state index in [1.807, 2.05) is 6.08 Å². The average Bonchev–Trinajstić information content (AvgIpc) is 3.49. The Hall–Kier alpha value is -2.41. The number of aliphatic hydroxyl groups excluding tert-OH is 3. The molecule has 7 atom stereocenters. The van der Waals surface area contributed by atoms with E-state index in [2.05, 4.69) is 62.5 Å². The monoisotopic (exact) mass is 868 g/mol. The van der Waals surface area contributed by atoms with Gasteiger partial charge in [0.15, 0.2) is 6.10 Å². The Labute approximate surface area is 362 Å². The number of aliphatic hydroxyl groups is 3. The fourth-order valence-electron chi connectivity index (χ4n) is 7.01. The molecule has 0 amide bonds. The number of ether oxygens (including phenoxy) is 2. The summed E-state index contributed by atoms with van der Waals surface area (Å²) in [5.41, 5.74) is 5.35. The van der Waals surface area contributed by atoms with Crippen LogP contribution < -0.4 is 5.73 Å². The largest absolute Gasteiger partial charge is 0.472 e. The molecule has 1 aliphatic rings. The quantitative estimate of drug-likeness (QED) is 0.0171. The number of hydrogen-bond acceptors (Lipinski definition) is 11. The van der Waals surface area contributed by atoms with Crippen LogP contribution in [0.25, 0.3) is 0 Å². The van der Waals surface area contributed by atoms with Gasteiger partial charge in [0.2, 0.25) is 0 Å². The van der Waals surface area contributed by atoms with Gasteiger partial charge in [-0.15, -0.1) is 0 Å². The van der Waals surface area contributed by atoms with E-state index in [-0.39, 0.29) is 44.4 Å². The van der Waals surface area contributed by atoms with Gasteiger partial charge in [-0.05, 0) is 76.5 Å². The molecule has 0 aromatic carbocycles. The van der Waals surface area contributed by atoms with Gasteiger partial charge in [-0.3, -0.25) is 18.6 Å². The van der Waals surface area contributed by atoms with Gasteiger partial charge in [-0.25, -0.2) is 4.57 Å².